The molecule has 0 spiro atoms. The van der Waals surface area contributed by atoms with Gasteiger partial charge in [-0.25, -0.2) is 4.98 Å². The van der Waals surface area contributed by atoms with Gasteiger partial charge in [0.1, 0.15) is 12.0 Å². The number of hydrogen-bond donors (Lipinski definition) is 3. The summed E-state index contributed by atoms with van der Waals surface area (Å²) in [6.45, 7) is 3.02. The molecule has 0 bridgehead atoms. The fourth-order valence-corrected chi connectivity index (χ4v) is 4.21. The van der Waals surface area contributed by atoms with Crippen LogP contribution < -0.4 is 10.1 Å². The van der Waals surface area contributed by atoms with Crippen molar-refractivity contribution < 1.29 is 19.7 Å². The molecule has 33 heavy (non-hydrogen) atoms. The Morgan fingerprint density at radius 3 is 2.85 bits per heavy atom. The number of aliphatic hydroxyl groups is 2. The molecule has 0 radical (unpaired) electrons. The molecule has 2 aromatic carbocycles. The number of hydrogen-bond acceptors (Lipinski definition) is 7. The molecule has 8 nitrogen and oxygen atoms in total. The van der Waals surface area contributed by atoms with E-state index in [1.165, 1.54) is 0 Å². The van der Waals surface area contributed by atoms with Crippen molar-refractivity contribution in [2.45, 2.75) is 38.1 Å². The Labute approximate surface area is 194 Å². The van der Waals surface area contributed by atoms with Crippen LogP contribution in [-0.4, -0.2) is 70.7 Å². The van der Waals surface area contributed by atoms with E-state index in [9.17, 15) is 5.11 Å². The molecule has 0 unspecified atom stereocenters. The normalized spacial score (nSPS) is 18.3. The van der Waals surface area contributed by atoms with Crippen LogP contribution in [0.4, 0.5) is 5.95 Å². The predicted octanol–water partition coefficient (Wildman–Crippen LogP) is 3.01. The monoisotopic (exact) mass is 454 g/mol. The second-order valence-electron chi connectivity index (χ2n) is 8.50. The summed E-state index contributed by atoms with van der Waals surface area (Å²) in [5, 5.41) is 21.9. The number of ether oxygens (including phenoxy) is 2. The minimum Gasteiger partial charge on any atom is -0.494 e. The lowest BCUT2D eigenvalue weighted by molar-refractivity contribution is -0.0195. The molecule has 0 amide bonds. The zero-order chi connectivity index (χ0) is 23.0. The van der Waals surface area contributed by atoms with E-state index < -0.39 is 0 Å². The van der Waals surface area contributed by atoms with Gasteiger partial charge in [0.15, 0.2) is 0 Å². The van der Waals surface area contributed by atoms with Crippen LogP contribution in [0.15, 0.2) is 48.5 Å². The van der Waals surface area contributed by atoms with E-state index in [1.807, 2.05) is 43.4 Å². The highest BCUT2D eigenvalue weighted by Gasteiger charge is 2.29. The standard InChI is InChI=1S/C25H34N4O4/c1-28(13-14-30)12-5-15-32-20-7-4-6-19(16-20)17-26-25-27-22-8-2-3-9-23(22)29(25)24-11-10-21(18-31)33-24/h2-4,6-9,16,21,24,30-31H,5,10-15,17-18H2,1H3,(H,26,27)/t21-,24+/m0/s1. The average molecular weight is 455 g/mol. The summed E-state index contributed by atoms with van der Waals surface area (Å²) in [6.07, 6.45) is 2.32. The third kappa shape index (κ3) is 6.03. The highest BCUT2D eigenvalue weighted by molar-refractivity contribution is 5.78. The van der Waals surface area contributed by atoms with Gasteiger partial charge in [-0.3, -0.25) is 4.57 Å². The van der Waals surface area contributed by atoms with Gasteiger partial charge in [-0.15, -0.1) is 0 Å². The zero-order valence-electron chi connectivity index (χ0n) is 19.2. The molecule has 1 saturated heterocycles. The van der Waals surface area contributed by atoms with E-state index in [0.29, 0.717) is 19.7 Å². The van der Waals surface area contributed by atoms with Crippen LogP contribution in [0.25, 0.3) is 11.0 Å². The van der Waals surface area contributed by atoms with Crippen molar-refractivity contribution in [2.24, 2.45) is 0 Å². The number of rotatable bonds is 12. The Morgan fingerprint density at radius 2 is 2.03 bits per heavy atom. The van der Waals surface area contributed by atoms with Gasteiger partial charge in [0.05, 0.1) is 37.0 Å². The first-order valence-corrected chi connectivity index (χ1v) is 11.7. The number of imidazole rings is 1. The van der Waals surface area contributed by atoms with Crippen LogP contribution in [0.3, 0.4) is 0 Å². The fraction of sp³-hybridized carbons (Fsp3) is 0.480. The van der Waals surface area contributed by atoms with Crippen molar-refractivity contribution in [1.82, 2.24) is 14.5 Å². The highest BCUT2D eigenvalue weighted by Crippen LogP contribution is 2.34. The summed E-state index contributed by atoms with van der Waals surface area (Å²) in [6, 6.07) is 16.1. The van der Waals surface area contributed by atoms with Crippen molar-refractivity contribution in [3.05, 3.63) is 54.1 Å². The summed E-state index contributed by atoms with van der Waals surface area (Å²) >= 11 is 0. The van der Waals surface area contributed by atoms with Crippen molar-refractivity contribution >= 4 is 17.0 Å². The number of aliphatic hydroxyl groups excluding tert-OH is 2. The van der Waals surface area contributed by atoms with Crippen molar-refractivity contribution in [3.63, 3.8) is 0 Å². The SMILES string of the molecule is CN(CCO)CCCOc1cccc(CNc2nc3ccccc3n2[C@H]2CC[C@@H](CO)O2)c1. The molecule has 0 saturated carbocycles. The second-order valence-corrected chi connectivity index (χ2v) is 8.50. The van der Waals surface area contributed by atoms with Crippen LogP contribution in [0, 0.1) is 0 Å². The summed E-state index contributed by atoms with van der Waals surface area (Å²) in [7, 11) is 2.00. The first kappa shape index (κ1) is 23.5. The lowest BCUT2D eigenvalue weighted by Gasteiger charge is -2.18. The Kier molecular flexibility index (Phi) is 8.17. The number of nitrogens with zero attached hydrogens (tertiary/aromatic N) is 3. The number of aromatic nitrogens is 2. The quantitative estimate of drug-likeness (QED) is 0.362. The third-order valence-electron chi connectivity index (χ3n) is 5.96. The average Bonchev–Trinajstić information content (AvgIpc) is 3.45. The fourth-order valence-electron chi connectivity index (χ4n) is 4.21. The van der Waals surface area contributed by atoms with Crippen molar-refractivity contribution in [2.75, 3.05) is 45.3 Å². The zero-order valence-corrected chi connectivity index (χ0v) is 19.2. The van der Waals surface area contributed by atoms with Crippen molar-refractivity contribution in [1.29, 1.82) is 0 Å². The lowest BCUT2D eigenvalue weighted by atomic mass is 10.2. The molecule has 1 aliphatic heterocycles. The molecular weight excluding hydrogens is 420 g/mol. The van der Waals surface area contributed by atoms with Gasteiger partial charge in [0.2, 0.25) is 5.95 Å². The maximum absolute atomic E-state index is 9.48. The van der Waals surface area contributed by atoms with Gasteiger partial charge < -0.3 is 29.9 Å². The van der Waals surface area contributed by atoms with Gasteiger partial charge >= 0.3 is 0 Å². The van der Waals surface area contributed by atoms with Gasteiger partial charge in [-0.2, -0.15) is 0 Å². The first-order valence-electron chi connectivity index (χ1n) is 11.7. The Hall–Kier alpha value is -2.65. The van der Waals surface area contributed by atoms with Crippen LogP contribution in [0.2, 0.25) is 0 Å². The third-order valence-corrected chi connectivity index (χ3v) is 5.96. The second kappa shape index (κ2) is 11.5. The van der Waals surface area contributed by atoms with Crippen LogP contribution in [0.1, 0.15) is 31.1 Å². The Balaban J connectivity index is 1.40. The number of benzene rings is 2. The smallest absolute Gasteiger partial charge is 0.206 e. The van der Waals surface area contributed by atoms with Gasteiger partial charge in [0.25, 0.3) is 0 Å². The van der Waals surface area contributed by atoms with Crippen LogP contribution in [0.5, 0.6) is 5.75 Å². The molecule has 3 aromatic rings. The van der Waals surface area contributed by atoms with E-state index in [1.54, 1.807) is 0 Å². The first-order chi connectivity index (χ1) is 16.2. The topological polar surface area (TPSA) is 92.0 Å². The predicted molar refractivity (Wildman–Crippen MR) is 128 cm³/mol. The molecule has 1 aromatic heterocycles. The molecule has 2 heterocycles. The van der Waals surface area contributed by atoms with E-state index in [-0.39, 0.29) is 25.5 Å². The minimum atomic E-state index is -0.143. The molecular formula is C25H34N4O4. The molecule has 1 fully saturated rings. The van der Waals surface area contributed by atoms with E-state index in [0.717, 1.165) is 54.1 Å². The number of para-hydroxylation sites is 2. The molecule has 4 rings (SSSR count). The van der Waals surface area contributed by atoms with E-state index >= 15 is 0 Å². The highest BCUT2D eigenvalue weighted by atomic mass is 16.5. The molecule has 1 aliphatic rings. The summed E-state index contributed by atoms with van der Waals surface area (Å²) in [5.74, 6) is 1.61. The molecule has 3 N–H and O–H groups in total. The maximum Gasteiger partial charge on any atom is 0.206 e. The van der Waals surface area contributed by atoms with Gasteiger partial charge in [-0.1, -0.05) is 24.3 Å². The van der Waals surface area contributed by atoms with Gasteiger partial charge in [-0.05, 0) is 56.1 Å². The van der Waals surface area contributed by atoms with Gasteiger partial charge in [0, 0.05) is 19.6 Å². The summed E-state index contributed by atoms with van der Waals surface area (Å²) in [5.41, 5.74) is 3.04. The van der Waals surface area contributed by atoms with E-state index in [4.69, 9.17) is 19.6 Å². The van der Waals surface area contributed by atoms with Crippen LogP contribution >= 0.6 is 0 Å². The maximum atomic E-state index is 9.48. The van der Waals surface area contributed by atoms with E-state index in [2.05, 4.69) is 26.9 Å². The molecule has 8 heteroatoms. The van der Waals surface area contributed by atoms with Crippen LogP contribution in [-0.2, 0) is 11.3 Å². The number of fused-ring (bicyclic) bond motifs is 1. The summed E-state index contributed by atoms with van der Waals surface area (Å²) < 4.78 is 14.1. The Bertz CT molecular complexity index is 1020. The number of anilines is 1. The number of nitrogens with one attached hydrogen (secondary N) is 1. The number of likely N-dealkylation sites (N-methyl/N-ethyl adjacent to an activating group) is 1. The lowest BCUT2D eigenvalue weighted by Crippen LogP contribution is -2.24. The largest absolute Gasteiger partial charge is 0.494 e. The Morgan fingerprint density at radius 1 is 1.15 bits per heavy atom. The molecule has 0 aliphatic carbocycles. The molecule has 178 valence electrons. The van der Waals surface area contributed by atoms with Crippen molar-refractivity contribution in [3.8, 4) is 5.75 Å². The molecule has 2 atom stereocenters. The summed E-state index contributed by atoms with van der Waals surface area (Å²) in [4.78, 5) is 6.88. The minimum absolute atomic E-state index is 0.0381.